The lowest BCUT2D eigenvalue weighted by Crippen LogP contribution is -2.34. The number of halogens is 1. The first-order valence-electron chi connectivity index (χ1n) is 10.0. The second kappa shape index (κ2) is 9.98. The van der Waals surface area contributed by atoms with Gasteiger partial charge >= 0.3 is 0 Å². The molecule has 0 unspecified atom stereocenters. The Morgan fingerprint density at radius 3 is 2.32 bits per heavy atom. The van der Waals surface area contributed by atoms with Crippen LogP contribution in [-0.4, -0.2) is 37.3 Å². The van der Waals surface area contributed by atoms with E-state index in [1.54, 1.807) is 55.6 Å². The van der Waals surface area contributed by atoms with E-state index in [1.807, 2.05) is 6.07 Å². The quantitative estimate of drug-likeness (QED) is 0.346. The minimum Gasteiger partial charge on any atom is -0.496 e. The molecular formula is C24H20ClN3O5S. The first-order chi connectivity index (χ1) is 16.4. The molecule has 1 amide bonds. The first kappa shape index (κ1) is 23.3. The number of aromatic nitrogens is 1. The summed E-state index contributed by atoms with van der Waals surface area (Å²) in [5, 5.41) is 6.18. The summed E-state index contributed by atoms with van der Waals surface area (Å²) < 4.78 is 21.6. The highest BCUT2D eigenvalue weighted by Crippen LogP contribution is 2.32. The van der Waals surface area contributed by atoms with Crippen LogP contribution in [0.25, 0.3) is 22.6 Å². The molecule has 0 saturated heterocycles. The minimum atomic E-state index is -0.465. The number of fused-ring (bicyclic) bond motifs is 1. The van der Waals surface area contributed by atoms with Gasteiger partial charge in [0.1, 0.15) is 28.3 Å². The van der Waals surface area contributed by atoms with Crippen LogP contribution >= 0.6 is 23.8 Å². The maximum Gasteiger partial charge on any atom is 0.264 e. The van der Waals surface area contributed by atoms with Crippen LogP contribution in [0.1, 0.15) is 10.4 Å². The molecule has 8 nitrogen and oxygen atoms in total. The molecule has 0 aliphatic carbocycles. The van der Waals surface area contributed by atoms with Crippen molar-refractivity contribution in [2.75, 3.05) is 26.6 Å². The van der Waals surface area contributed by atoms with Crippen LogP contribution in [0.5, 0.6) is 17.2 Å². The highest BCUT2D eigenvalue weighted by Gasteiger charge is 2.19. The fraction of sp³-hybridized carbons (Fsp3) is 0.125. The number of nitrogens with zero attached hydrogens (tertiary/aromatic N) is 1. The Balaban J connectivity index is 1.51. The Morgan fingerprint density at radius 1 is 0.971 bits per heavy atom. The number of ether oxygens (including phenoxy) is 3. The number of hydrogen-bond acceptors (Lipinski definition) is 7. The second-order valence-corrected chi connectivity index (χ2v) is 7.81. The van der Waals surface area contributed by atoms with Crippen LogP contribution in [0.2, 0.25) is 5.02 Å². The molecule has 1 aromatic heterocycles. The fourth-order valence-electron chi connectivity index (χ4n) is 3.33. The van der Waals surface area contributed by atoms with E-state index >= 15 is 0 Å². The smallest absolute Gasteiger partial charge is 0.264 e. The van der Waals surface area contributed by atoms with E-state index in [1.165, 1.54) is 14.2 Å². The van der Waals surface area contributed by atoms with E-state index < -0.39 is 5.91 Å². The van der Waals surface area contributed by atoms with Gasteiger partial charge in [-0.1, -0.05) is 17.7 Å². The molecule has 0 aliphatic heterocycles. The van der Waals surface area contributed by atoms with Crippen LogP contribution in [0.15, 0.2) is 59.0 Å². The van der Waals surface area contributed by atoms with E-state index in [9.17, 15) is 4.79 Å². The molecule has 174 valence electrons. The van der Waals surface area contributed by atoms with E-state index in [0.29, 0.717) is 50.5 Å². The third kappa shape index (κ3) is 4.75. The molecule has 34 heavy (non-hydrogen) atoms. The summed E-state index contributed by atoms with van der Waals surface area (Å²) in [5.41, 5.74) is 2.77. The number of carbonyl (C=O) groups excluding carboxylic acids is 1. The van der Waals surface area contributed by atoms with Crippen molar-refractivity contribution in [2.24, 2.45) is 0 Å². The van der Waals surface area contributed by atoms with Crippen molar-refractivity contribution in [3.05, 3.63) is 65.2 Å². The average molecular weight is 498 g/mol. The van der Waals surface area contributed by atoms with Crippen LogP contribution in [0.4, 0.5) is 5.69 Å². The molecule has 0 saturated carbocycles. The fourth-order valence-corrected chi connectivity index (χ4v) is 3.80. The topological polar surface area (TPSA) is 94.9 Å². The number of nitrogens with one attached hydrogen (secondary N) is 2. The summed E-state index contributed by atoms with van der Waals surface area (Å²) in [6, 6.07) is 15.6. The minimum absolute atomic E-state index is 0.1000. The Bertz CT molecular complexity index is 1370. The highest BCUT2D eigenvalue weighted by atomic mass is 35.5. The molecule has 0 bridgehead atoms. The maximum atomic E-state index is 12.8. The number of rotatable bonds is 6. The van der Waals surface area contributed by atoms with Gasteiger partial charge in [-0.05, 0) is 60.7 Å². The van der Waals surface area contributed by atoms with Gasteiger partial charge in [0.2, 0.25) is 5.89 Å². The van der Waals surface area contributed by atoms with Crippen LogP contribution in [-0.2, 0) is 0 Å². The van der Waals surface area contributed by atoms with Crippen molar-refractivity contribution in [3.63, 3.8) is 0 Å². The molecule has 0 radical (unpaired) electrons. The molecule has 0 spiro atoms. The van der Waals surface area contributed by atoms with Gasteiger partial charge in [0, 0.05) is 11.3 Å². The van der Waals surface area contributed by atoms with Gasteiger partial charge in [-0.2, -0.15) is 0 Å². The molecule has 10 heteroatoms. The number of oxazole rings is 1. The van der Waals surface area contributed by atoms with Gasteiger partial charge in [-0.15, -0.1) is 0 Å². The van der Waals surface area contributed by atoms with Gasteiger partial charge in [-0.25, -0.2) is 4.98 Å². The standard InChI is InChI=1S/C24H20ClN3O5S/c1-30-17-9-7-13(11-15(17)25)23-27-16-12-14(8-10-18(16)33-23)26-24(34)28-22(29)21-19(31-2)5-4-6-20(21)32-3/h4-12H,1-3H3,(H2,26,28,29,34). The Labute approximate surface area is 205 Å². The van der Waals surface area contributed by atoms with Crippen molar-refractivity contribution in [1.82, 2.24) is 10.3 Å². The Hall–Kier alpha value is -3.82. The van der Waals surface area contributed by atoms with E-state index in [4.69, 9.17) is 42.4 Å². The molecule has 0 aliphatic rings. The Kier molecular flexibility index (Phi) is 6.85. The van der Waals surface area contributed by atoms with Crippen molar-refractivity contribution >= 4 is 51.6 Å². The van der Waals surface area contributed by atoms with Crippen molar-refractivity contribution in [3.8, 4) is 28.7 Å². The highest BCUT2D eigenvalue weighted by molar-refractivity contribution is 7.80. The van der Waals surface area contributed by atoms with Crippen molar-refractivity contribution in [2.45, 2.75) is 0 Å². The molecule has 0 atom stereocenters. The predicted molar refractivity (Wildman–Crippen MR) is 134 cm³/mol. The first-order valence-corrected chi connectivity index (χ1v) is 10.8. The molecule has 4 rings (SSSR count). The number of hydrogen-bond donors (Lipinski definition) is 2. The van der Waals surface area contributed by atoms with E-state index in [0.717, 1.165) is 0 Å². The second-order valence-electron chi connectivity index (χ2n) is 7.00. The van der Waals surface area contributed by atoms with Crippen LogP contribution in [0.3, 0.4) is 0 Å². The summed E-state index contributed by atoms with van der Waals surface area (Å²) in [7, 11) is 4.50. The van der Waals surface area contributed by atoms with Gasteiger partial charge in [0.05, 0.1) is 26.4 Å². The number of thiocarbonyl (C=S) groups is 1. The number of benzene rings is 3. The van der Waals surface area contributed by atoms with Gasteiger partial charge in [0.25, 0.3) is 5.91 Å². The van der Waals surface area contributed by atoms with Gasteiger partial charge in [0.15, 0.2) is 10.7 Å². The Morgan fingerprint density at radius 2 is 1.68 bits per heavy atom. The lowest BCUT2D eigenvalue weighted by Gasteiger charge is -2.14. The molecular weight excluding hydrogens is 478 g/mol. The normalized spacial score (nSPS) is 10.6. The van der Waals surface area contributed by atoms with Crippen molar-refractivity contribution < 1.29 is 23.4 Å². The maximum absolute atomic E-state index is 12.8. The largest absolute Gasteiger partial charge is 0.496 e. The SMILES string of the molecule is COc1ccc(-c2nc3cc(NC(=S)NC(=O)c4c(OC)cccc4OC)ccc3o2)cc1Cl. The number of anilines is 1. The molecule has 3 aromatic carbocycles. The van der Waals surface area contributed by atoms with Gasteiger partial charge in [-0.3, -0.25) is 10.1 Å². The lowest BCUT2D eigenvalue weighted by atomic mass is 10.1. The third-order valence-electron chi connectivity index (χ3n) is 4.93. The zero-order valence-electron chi connectivity index (χ0n) is 18.5. The van der Waals surface area contributed by atoms with Crippen LogP contribution < -0.4 is 24.8 Å². The summed E-state index contributed by atoms with van der Waals surface area (Å²) in [6.45, 7) is 0. The molecule has 2 N–H and O–H groups in total. The lowest BCUT2D eigenvalue weighted by molar-refractivity contribution is 0.0971. The summed E-state index contributed by atoms with van der Waals surface area (Å²) in [4.78, 5) is 17.3. The van der Waals surface area contributed by atoms with Crippen molar-refractivity contribution in [1.29, 1.82) is 0 Å². The summed E-state index contributed by atoms with van der Waals surface area (Å²) >= 11 is 11.5. The average Bonchev–Trinajstić information content (AvgIpc) is 3.26. The summed E-state index contributed by atoms with van der Waals surface area (Å²) in [5.74, 6) is 1.25. The van der Waals surface area contributed by atoms with E-state index in [2.05, 4.69) is 15.6 Å². The number of methoxy groups -OCH3 is 3. The molecule has 1 heterocycles. The molecule has 4 aromatic rings. The monoisotopic (exact) mass is 497 g/mol. The van der Waals surface area contributed by atoms with E-state index in [-0.39, 0.29) is 10.7 Å². The van der Waals surface area contributed by atoms with Gasteiger partial charge < -0.3 is 23.9 Å². The number of carbonyl (C=O) groups is 1. The summed E-state index contributed by atoms with van der Waals surface area (Å²) in [6.07, 6.45) is 0. The predicted octanol–water partition coefficient (Wildman–Crippen LogP) is 5.30. The number of amides is 1. The van der Waals surface area contributed by atoms with Crippen LogP contribution in [0, 0.1) is 0 Å². The molecule has 0 fully saturated rings. The third-order valence-corrected chi connectivity index (χ3v) is 5.43. The zero-order valence-corrected chi connectivity index (χ0v) is 20.0. The zero-order chi connectivity index (χ0) is 24.2.